The maximum absolute atomic E-state index is 14.3. The van der Waals surface area contributed by atoms with E-state index in [1.165, 1.54) is 17.7 Å². The third kappa shape index (κ3) is 5.17. The Morgan fingerprint density at radius 3 is 2.52 bits per heavy atom. The van der Waals surface area contributed by atoms with Gasteiger partial charge in [-0.3, -0.25) is 0 Å². The predicted octanol–water partition coefficient (Wildman–Crippen LogP) is 6.28. The molecule has 2 aromatic rings. The van der Waals surface area contributed by atoms with Crippen LogP contribution in [0.5, 0.6) is 11.5 Å². The lowest BCUT2D eigenvalue weighted by molar-refractivity contribution is 0.0598. The molecule has 154 valence electrons. The van der Waals surface area contributed by atoms with Gasteiger partial charge in [-0.1, -0.05) is 43.2 Å². The largest absolute Gasteiger partial charge is 0.492 e. The van der Waals surface area contributed by atoms with Crippen molar-refractivity contribution in [2.24, 2.45) is 0 Å². The Bertz CT molecular complexity index is 892. The quantitative estimate of drug-likeness (QED) is 0.301. The third-order valence-electron chi connectivity index (χ3n) is 4.69. The Balaban J connectivity index is 1.66. The van der Waals surface area contributed by atoms with Gasteiger partial charge in [-0.25, -0.2) is 9.18 Å². The molecule has 1 unspecified atom stereocenters. The topological polar surface area (TPSA) is 44.8 Å². The van der Waals surface area contributed by atoms with Crippen LogP contribution in [0.1, 0.15) is 55.1 Å². The lowest BCUT2D eigenvalue weighted by Crippen LogP contribution is -2.13. The molecular weight excluding hydrogens is 395 g/mol. The van der Waals surface area contributed by atoms with Gasteiger partial charge in [0.15, 0.2) is 11.6 Å². The van der Waals surface area contributed by atoms with Gasteiger partial charge in [0.05, 0.1) is 24.9 Å². The Kier molecular flexibility index (Phi) is 7.29. The van der Waals surface area contributed by atoms with Crippen molar-refractivity contribution in [3.63, 3.8) is 0 Å². The molecule has 0 bridgehead atoms. The lowest BCUT2D eigenvalue weighted by Gasteiger charge is -2.23. The molecule has 29 heavy (non-hydrogen) atoms. The molecule has 0 amide bonds. The smallest absolute Gasteiger partial charge is 0.343 e. The summed E-state index contributed by atoms with van der Waals surface area (Å²) in [6.07, 6.45) is 5.19. The van der Waals surface area contributed by atoms with Crippen LogP contribution >= 0.6 is 11.6 Å². The normalized spacial score (nSPS) is 16.3. The fraction of sp³-hybridized carbons (Fsp3) is 0.348. The molecule has 2 aromatic carbocycles. The van der Waals surface area contributed by atoms with E-state index in [1.54, 1.807) is 19.1 Å². The van der Waals surface area contributed by atoms with Crippen molar-refractivity contribution in [1.29, 1.82) is 0 Å². The summed E-state index contributed by atoms with van der Waals surface area (Å²) in [6.45, 7) is 4.91. The maximum atomic E-state index is 14.3. The van der Waals surface area contributed by atoms with Crippen molar-refractivity contribution >= 4 is 17.6 Å². The van der Waals surface area contributed by atoms with Gasteiger partial charge in [0.25, 0.3) is 0 Å². The van der Waals surface area contributed by atoms with Crippen LogP contribution in [0.3, 0.4) is 0 Å². The second kappa shape index (κ2) is 9.90. The second-order valence-electron chi connectivity index (χ2n) is 6.78. The molecule has 1 heterocycles. The lowest BCUT2D eigenvalue weighted by atomic mass is 9.99. The van der Waals surface area contributed by atoms with E-state index in [-0.39, 0.29) is 22.6 Å². The Morgan fingerprint density at radius 1 is 1.17 bits per heavy atom. The predicted molar refractivity (Wildman–Crippen MR) is 110 cm³/mol. The molecule has 0 aliphatic carbocycles. The Labute approximate surface area is 175 Å². The summed E-state index contributed by atoms with van der Waals surface area (Å²) in [5, 5.41) is -0.211. The number of hydrogen-bond acceptors (Lipinski definition) is 4. The van der Waals surface area contributed by atoms with Crippen LogP contribution in [0.4, 0.5) is 4.39 Å². The van der Waals surface area contributed by atoms with E-state index in [1.807, 2.05) is 12.1 Å². The van der Waals surface area contributed by atoms with Gasteiger partial charge in [0, 0.05) is 0 Å². The van der Waals surface area contributed by atoms with Gasteiger partial charge < -0.3 is 14.2 Å². The van der Waals surface area contributed by atoms with E-state index in [4.69, 9.17) is 25.8 Å². The summed E-state index contributed by atoms with van der Waals surface area (Å²) in [6, 6.07) is 9.78. The molecule has 4 nitrogen and oxygen atoms in total. The first-order chi connectivity index (χ1) is 14.0. The number of halogens is 2. The van der Waals surface area contributed by atoms with E-state index >= 15 is 0 Å². The van der Waals surface area contributed by atoms with E-state index < -0.39 is 11.8 Å². The molecule has 6 heteroatoms. The van der Waals surface area contributed by atoms with Crippen molar-refractivity contribution in [1.82, 2.24) is 0 Å². The number of hydrogen-bond donors (Lipinski definition) is 0. The zero-order valence-electron chi connectivity index (χ0n) is 16.5. The summed E-state index contributed by atoms with van der Waals surface area (Å²) in [4.78, 5) is 12.4. The van der Waals surface area contributed by atoms with Gasteiger partial charge in [0.2, 0.25) is 0 Å². The molecule has 1 aliphatic heterocycles. The van der Waals surface area contributed by atoms with Gasteiger partial charge in [0.1, 0.15) is 10.8 Å². The van der Waals surface area contributed by atoms with E-state index in [9.17, 15) is 9.18 Å². The summed E-state index contributed by atoms with van der Waals surface area (Å²) < 4.78 is 30.7. The minimum atomic E-state index is -0.826. The van der Waals surface area contributed by atoms with Gasteiger partial charge in [-0.2, -0.15) is 0 Å². The fourth-order valence-electron chi connectivity index (χ4n) is 3.19. The third-order valence-corrected chi connectivity index (χ3v) is 5.05. The van der Waals surface area contributed by atoms with Crippen LogP contribution in [-0.4, -0.2) is 19.2 Å². The average molecular weight is 419 g/mol. The van der Waals surface area contributed by atoms with Crippen molar-refractivity contribution in [3.05, 3.63) is 70.0 Å². The van der Waals surface area contributed by atoms with Gasteiger partial charge >= 0.3 is 5.97 Å². The number of benzene rings is 2. The van der Waals surface area contributed by atoms with E-state index in [0.717, 1.165) is 24.8 Å². The second-order valence-corrected chi connectivity index (χ2v) is 7.16. The van der Waals surface area contributed by atoms with E-state index in [2.05, 4.69) is 13.0 Å². The van der Waals surface area contributed by atoms with Crippen LogP contribution in [0.15, 0.2) is 48.0 Å². The fourth-order valence-corrected chi connectivity index (χ4v) is 3.40. The van der Waals surface area contributed by atoms with Crippen molar-refractivity contribution in [3.8, 4) is 11.5 Å². The van der Waals surface area contributed by atoms with Crippen LogP contribution in [0.2, 0.25) is 5.02 Å². The van der Waals surface area contributed by atoms with Crippen LogP contribution in [0.25, 0.3) is 0 Å². The maximum Gasteiger partial charge on any atom is 0.343 e. The molecule has 3 rings (SSSR count). The molecule has 0 fully saturated rings. The highest BCUT2D eigenvalue weighted by Crippen LogP contribution is 2.34. The van der Waals surface area contributed by atoms with Crippen LogP contribution in [0, 0.1) is 5.82 Å². The molecular formula is C23H24ClFO4. The Morgan fingerprint density at radius 2 is 1.90 bits per heavy atom. The van der Waals surface area contributed by atoms with Crippen molar-refractivity contribution in [2.75, 3.05) is 13.2 Å². The summed E-state index contributed by atoms with van der Waals surface area (Å²) in [5.41, 5.74) is 2.64. The van der Waals surface area contributed by atoms with E-state index in [0.29, 0.717) is 18.8 Å². The summed E-state index contributed by atoms with van der Waals surface area (Å²) >= 11 is 5.93. The summed E-state index contributed by atoms with van der Waals surface area (Å²) in [7, 11) is 0. The number of esters is 1. The highest BCUT2D eigenvalue weighted by Gasteiger charge is 2.19. The molecule has 1 atom stereocenters. The molecule has 0 spiro atoms. The number of ether oxygens (including phenoxy) is 3. The number of carbonyl (C=O) groups excluding carboxylic acids is 1. The first-order valence-corrected chi connectivity index (χ1v) is 10.1. The molecule has 0 radical (unpaired) electrons. The van der Waals surface area contributed by atoms with Crippen molar-refractivity contribution in [2.45, 2.75) is 39.2 Å². The first-order valence-electron chi connectivity index (χ1n) is 9.75. The first kappa shape index (κ1) is 21.3. The van der Waals surface area contributed by atoms with Crippen molar-refractivity contribution < 1.29 is 23.4 Å². The molecule has 1 aliphatic rings. The zero-order chi connectivity index (χ0) is 20.8. The highest BCUT2D eigenvalue weighted by atomic mass is 35.5. The number of rotatable bonds is 7. The van der Waals surface area contributed by atoms with Crippen LogP contribution in [-0.2, 0) is 4.74 Å². The monoisotopic (exact) mass is 418 g/mol. The zero-order valence-corrected chi connectivity index (χ0v) is 17.3. The molecule has 0 saturated carbocycles. The van der Waals surface area contributed by atoms with Gasteiger partial charge in [-0.15, -0.1) is 0 Å². The minimum Gasteiger partial charge on any atom is -0.492 e. The average Bonchev–Trinajstić information content (AvgIpc) is 2.74. The standard InChI is InChI=1S/C23H24ClFO4/c1-3-5-15-6-11-18(28-14-15)16-7-9-17(10-8-16)23(26)29-20-13-12-19(27-4-2)21(24)22(20)25/h6-10,12-13,18H,3-5,11,14H2,1-2H3. The van der Waals surface area contributed by atoms with Gasteiger partial charge in [-0.05, 0) is 55.2 Å². The van der Waals surface area contributed by atoms with Crippen LogP contribution < -0.4 is 9.47 Å². The minimum absolute atomic E-state index is 0.0250. The number of carbonyl (C=O) groups is 1. The Hall–Kier alpha value is -2.37. The molecule has 0 saturated heterocycles. The molecule has 0 aromatic heterocycles. The molecule has 0 N–H and O–H groups in total. The highest BCUT2D eigenvalue weighted by molar-refractivity contribution is 6.32. The SMILES string of the molecule is CCCC1=CCC(c2ccc(C(=O)Oc3ccc(OCC)c(Cl)c3F)cc2)OC1. The summed E-state index contributed by atoms with van der Waals surface area (Å²) in [5.74, 6) is -1.52.